The third-order valence-corrected chi connectivity index (χ3v) is 4.76. The van der Waals surface area contributed by atoms with E-state index in [4.69, 9.17) is 10.7 Å². The fourth-order valence-corrected chi connectivity index (χ4v) is 3.21. The zero-order chi connectivity index (χ0) is 16.2. The minimum atomic E-state index is 0.477. The largest absolute Gasteiger partial charge is 0.383 e. The van der Waals surface area contributed by atoms with Crippen molar-refractivity contribution in [2.24, 2.45) is 0 Å². The van der Waals surface area contributed by atoms with Gasteiger partial charge in [0.2, 0.25) is 5.95 Å². The number of pyridine rings is 1. The molecule has 0 radical (unpaired) electrons. The van der Waals surface area contributed by atoms with Gasteiger partial charge in [0.25, 0.3) is 0 Å². The fraction of sp³-hybridized carbons (Fsp3) is 0.500. The van der Waals surface area contributed by atoms with Crippen molar-refractivity contribution in [1.29, 1.82) is 0 Å². The molecular weight excluding hydrogens is 286 g/mol. The Morgan fingerprint density at radius 1 is 1.17 bits per heavy atom. The molecule has 1 fully saturated rings. The van der Waals surface area contributed by atoms with Crippen molar-refractivity contribution in [3.05, 3.63) is 41.3 Å². The topological polar surface area (TPSA) is 67.9 Å². The molecule has 1 aliphatic carbocycles. The molecule has 122 valence electrons. The summed E-state index contributed by atoms with van der Waals surface area (Å²) in [5.41, 5.74) is 9.20. The summed E-state index contributed by atoms with van der Waals surface area (Å²) in [5, 5.41) is 0. The Hall–Kier alpha value is -2.17. The standard InChI is InChI=1S/C18H25N5/c1-13-14(2)21-18(22-17(13)19)23(16-8-4-3-5-9-16)12-15-7-6-10-20-11-15/h6-7,10-11,16H,3-5,8-9,12H2,1-2H3,(H2,19,21,22). The van der Waals surface area contributed by atoms with Gasteiger partial charge < -0.3 is 10.6 Å². The van der Waals surface area contributed by atoms with E-state index < -0.39 is 0 Å². The first kappa shape index (κ1) is 15.7. The van der Waals surface area contributed by atoms with Gasteiger partial charge in [0.1, 0.15) is 5.82 Å². The molecule has 2 N–H and O–H groups in total. The first-order valence-corrected chi connectivity index (χ1v) is 8.41. The molecule has 0 amide bonds. The Labute approximate surface area is 138 Å². The highest BCUT2D eigenvalue weighted by Crippen LogP contribution is 2.28. The van der Waals surface area contributed by atoms with Crippen LogP contribution in [0.15, 0.2) is 24.5 Å². The summed E-state index contributed by atoms with van der Waals surface area (Å²) in [5.74, 6) is 1.33. The maximum Gasteiger partial charge on any atom is 0.228 e. The van der Waals surface area contributed by atoms with Crippen molar-refractivity contribution >= 4 is 11.8 Å². The van der Waals surface area contributed by atoms with Crippen LogP contribution < -0.4 is 10.6 Å². The predicted octanol–water partition coefficient (Wildman–Crippen LogP) is 3.41. The van der Waals surface area contributed by atoms with E-state index in [1.807, 2.05) is 26.1 Å². The molecule has 0 aromatic carbocycles. The first-order chi connectivity index (χ1) is 11.1. The Morgan fingerprint density at radius 2 is 1.96 bits per heavy atom. The zero-order valence-electron chi connectivity index (χ0n) is 14.0. The smallest absolute Gasteiger partial charge is 0.228 e. The number of aromatic nitrogens is 3. The van der Waals surface area contributed by atoms with Crippen LogP contribution in [0.25, 0.3) is 0 Å². The quantitative estimate of drug-likeness (QED) is 0.937. The lowest BCUT2D eigenvalue weighted by molar-refractivity contribution is 0.408. The number of hydrogen-bond acceptors (Lipinski definition) is 5. The van der Waals surface area contributed by atoms with Crippen LogP contribution in [0.5, 0.6) is 0 Å². The maximum atomic E-state index is 6.09. The van der Waals surface area contributed by atoms with E-state index in [0.29, 0.717) is 11.9 Å². The summed E-state index contributed by atoms with van der Waals surface area (Å²) in [6.45, 7) is 4.75. The molecule has 0 bridgehead atoms. The van der Waals surface area contributed by atoms with E-state index in [9.17, 15) is 0 Å². The van der Waals surface area contributed by atoms with Gasteiger partial charge in [-0.15, -0.1) is 0 Å². The number of anilines is 2. The van der Waals surface area contributed by atoms with E-state index in [-0.39, 0.29) is 0 Å². The second-order valence-electron chi connectivity index (χ2n) is 6.40. The Kier molecular flexibility index (Phi) is 4.74. The highest BCUT2D eigenvalue weighted by atomic mass is 15.3. The van der Waals surface area contributed by atoms with Gasteiger partial charge in [-0.3, -0.25) is 4.98 Å². The molecule has 5 nitrogen and oxygen atoms in total. The predicted molar refractivity (Wildman–Crippen MR) is 93.2 cm³/mol. The summed E-state index contributed by atoms with van der Waals surface area (Å²) in [7, 11) is 0. The molecule has 3 rings (SSSR count). The molecule has 0 spiro atoms. The lowest BCUT2D eigenvalue weighted by Crippen LogP contribution is -2.38. The molecule has 2 aromatic heterocycles. The fourth-order valence-electron chi connectivity index (χ4n) is 3.21. The van der Waals surface area contributed by atoms with Crippen LogP contribution in [-0.4, -0.2) is 21.0 Å². The molecule has 0 atom stereocenters. The van der Waals surface area contributed by atoms with Gasteiger partial charge in [-0.2, -0.15) is 4.98 Å². The van der Waals surface area contributed by atoms with Crippen molar-refractivity contribution in [2.75, 3.05) is 10.6 Å². The molecular formula is C18H25N5. The summed E-state index contributed by atoms with van der Waals surface area (Å²) in [4.78, 5) is 15.8. The van der Waals surface area contributed by atoms with E-state index in [0.717, 1.165) is 23.8 Å². The number of hydrogen-bond donors (Lipinski definition) is 1. The van der Waals surface area contributed by atoms with E-state index in [1.54, 1.807) is 6.20 Å². The van der Waals surface area contributed by atoms with Crippen molar-refractivity contribution < 1.29 is 0 Å². The average molecular weight is 311 g/mol. The maximum absolute atomic E-state index is 6.09. The second kappa shape index (κ2) is 6.94. The zero-order valence-corrected chi connectivity index (χ0v) is 14.0. The van der Waals surface area contributed by atoms with Crippen LogP contribution in [0.4, 0.5) is 11.8 Å². The van der Waals surface area contributed by atoms with E-state index >= 15 is 0 Å². The molecule has 0 aliphatic heterocycles. The highest BCUT2D eigenvalue weighted by Gasteiger charge is 2.24. The second-order valence-corrected chi connectivity index (χ2v) is 6.40. The summed E-state index contributed by atoms with van der Waals surface area (Å²) < 4.78 is 0. The number of nitrogen functional groups attached to an aromatic ring is 1. The van der Waals surface area contributed by atoms with E-state index in [2.05, 4.69) is 20.9 Å². The molecule has 0 saturated heterocycles. The van der Waals surface area contributed by atoms with Gasteiger partial charge in [-0.1, -0.05) is 25.3 Å². The van der Waals surface area contributed by atoms with Crippen LogP contribution in [0.3, 0.4) is 0 Å². The van der Waals surface area contributed by atoms with E-state index in [1.165, 1.54) is 37.7 Å². The molecule has 5 heteroatoms. The SMILES string of the molecule is Cc1nc(N(Cc2cccnc2)C2CCCCC2)nc(N)c1C. The van der Waals surface area contributed by atoms with Gasteiger partial charge in [-0.25, -0.2) is 4.98 Å². The monoisotopic (exact) mass is 311 g/mol. The third kappa shape index (κ3) is 3.60. The summed E-state index contributed by atoms with van der Waals surface area (Å²) >= 11 is 0. The van der Waals surface area contributed by atoms with Crippen molar-refractivity contribution in [3.63, 3.8) is 0 Å². The Bertz CT molecular complexity index is 627. The number of rotatable bonds is 4. The van der Waals surface area contributed by atoms with Gasteiger partial charge in [-0.05, 0) is 38.3 Å². The molecule has 23 heavy (non-hydrogen) atoms. The lowest BCUT2D eigenvalue weighted by atomic mass is 9.94. The van der Waals surface area contributed by atoms with Gasteiger partial charge >= 0.3 is 0 Å². The number of nitrogens with two attached hydrogens (primary N) is 1. The van der Waals surface area contributed by atoms with Crippen LogP contribution in [0.2, 0.25) is 0 Å². The summed E-state index contributed by atoms with van der Waals surface area (Å²) in [6.07, 6.45) is 9.97. The van der Waals surface area contributed by atoms with Gasteiger partial charge in [0.05, 0.1) is 0 Å². The summed E-state index contributed by atoms with van der Waals surface area (Å²) in [6, 6.07) is 4.56. The third-order valence-electron chi connectivity index (χ3n) is 4.76. The molecule has 1 saturated carbocycles. The Balaban J connectivity index is 1.94. The minimum Gasteiger partial charge on any atom is -0.383 e. The van der Waals surface area contributed by atoms with Gasteiger partial charge in [0.15, 0.2) is 0 Å². The Morgan fingerprint density at radius 3 is 2.61 bits per heavy atom. The van der Waals surface area contributed by atoms with Crippen LogP contribution in [-0.2, 0) is 6.54 Å². The first-order valence-electron chi connectivity index (χ1n) is 8.41. The average Bonchev–Trinajstić information content (AvgIpc) is 2.59. The molecule has 1 aliphatic rings. The number of nitrogens with zero attached hydrogens (tertiary/aromatic N) is 4. The lowest BCUT2D eigenvalue weighted by Gasteiger charge is -2.34. The molecule has 2 aromatic rings. The highest BCUT2D eigenvalue weighted by molar-refractivity contribution is 5.47. The van der Waals surface area contributed by atoms with Crippen molar-refractivity contribution in [3.8, 4) is 0 Å². The number of aryl methyl sites for hydroxylation is 1. The molecule has 2 heterocycles. The van der Waals surface area contributed by atoms with Gasteiger partial charge in [0, 0.05) is 36.2 Å². The van der Waals surface area contributed by atoms with Crippen molar-refractivity contribution in [2.45, 2.75) is 58.5 Å². The normalized spacial score (nSPS) is 15.6. The minimum absolute atomic E-state index is 0.477. The molecule has 0 unspecified atom stereocenters. The van der Waals surface area contributed by atoms with Crippen LogP contribution in [0, 0.1) is 13.8 Å². The van der Waals surface area contributed by atoms with Crippen molar-refractivity contribution in [1.82, 2.24) is 15.0 Å². The van der Waals surface area contributed by atoms with Crippen LogP contribution >= 0.6 is 0 Å². The van der Waals surface area contributed by atoms with Crippen LogP contribution in [0.1, 0.15) is 48.9 Å².